The van der Waals surface area contributed by atoms with E-state index in [-0.39, 0.29) is 6.10 Å². The third-order valence-corrected chi connectivity index (χ3v) is 8.01. The summed E-state index contributed by atoms with van der Waals surface area (Å²) in [7, 11) is 0. The van der Waals surface area contributed by atoms with Gasteiger partial charge in [0, 0.05) is 5.57 Å². The molecule has 0 bridgehead atoms. The van der Waals surface area contributed by atoms with Gasteiger partial charge in [-0.1, -0.05) is 153 Å². The molecular weight excluding hydrogens is 560 g/mol. The molecule has 0 aliphatic heterocycles. The lowest BCUT2D eigenvalue weighted by Gasteiger charge is -2.26. The monoisotopic (exact) mass is 627 g/mol. The van der Waals surface area contributed by atoms with Crippen molar-refractivity contribution in [2.45, 2.75) is 127 Å². The molecule has 0 saturated heterocycles. The van der Waals surface area contributed by atoms with Gasteiger partial charge in [-0.2, -0.15) is 0 Å². The zero-order valence-corrected chi connectivity index (χ0v) is 31.5. The Hall–Kier alpha value is -3.10. The van der Waals surface area contributed by atoms with Crippen LogP contribution >= 0.6 is 0 Å². The minimum atomic E-state index is 0.209. The number of hydrogen-bond acceptors (Lipinski definition) is 2. The maximum absolute atomic E-state index is 6.26. The highest BCUT2D eigenvalue weighted by molar-refractivity contribution is 5.86. The molecular formula is C44H66O2. The Labute approximate surface area is 284 Å². The first kappa shape index (κ1) is 40.9. The van der Waals surface area contributed by atoms with Crippen LogP contribution in [0.4, 0.5) is 0 Å². The Morgan fingerprint density at radius 1 is 0.696 bits per heavy atom. The van der Waals surface area contributed by atoms with Crippen molar-refractivity contribution in [1.82, 2.24) is 0 Å². The van der Waals surface area contributed by atoms with Gasteiger partial charge in [-0.05, 0) is 91.5 Å². The quantitative estimate of drug-likeness (QED) is 0.101. The topological polar surface area (TPSA) is 18.5 Å². The molecule has 2 atom stereocenters. The number of rotatable bonds is 14. The third-order valence-electron chi connectivity index (χ3n) is 8.01. The van der Waals surface area contributed by atoms with Gasteiger partial charge < -0.3 is 9.47 Å². The lowest BCUT2D eigenvalue weighted by atomic mass is 9.80. The van der Waals surface area contributed by atoms with Crippen molar-refractivity contribution in [3.8, 4) is 0 Å². The highest BCUT2D eigenvalue weighted by atomic mass is 16.5. The summed E-state index contributed by atoms with van der Waals surface area (Å²) in [6.45, 7) is 27.4. The molecule has 0 N–H and O–H groups in total. The summed E-state index contributed by atoms with van der Waals surface area (Å²) >= 11 is 0. The van der Waals surface area contributed by atoms with Gasteiger partial charge in [-0.15, -0.1) is 0 Å². The van der Waals surface area contributed by atoms with Crippen molar-refractivity contribution in [2.75, 3.05) is 13.2 Å². The molecule has 0 fully saturated rings. The van der Waals surface area contributed by atoms with Gasteiger partial charge in [-0.25, -0.2) is 0 Å². The van der Waals surface area contributed by atoms with Crippen molar-refractivity contribution in [3.05, 3.63) is 119 Å². The highest BCUT2D eigenvalue weighted by Gasteiger charge is 2.19. The minimum absolute atomic E-state index is 0.209. The Balaban J connectivity index is 0.000000464. The maximum atomic E-state index is 6.26. The summed E-state index contributed by atoms with van der Waals surface area (Å²) in [5.74, 6) is 2.31. The van der Waals surface area contributed by atoms with Gasteiger partial charge in [-0.3, -0.25) is 0 Å². The van der Waals surface area contributed by atoms with Gasteiger partial charge in [0.05, 0.1) is 12.7 Å². The second-order valence-corrected chi connectivity index (χ2v) is 13.3. The predicted molar refractivity (Wildman–Crippen MR) is 204 cm³/mol. The third kappa shape index (κ3) is 15.0. The molecule has 0 radical (unpaired) electrons. The number of ether oxygens (including phenoxy) is 2. The first-order valence-corrected chi connectivity index (χ1v) is 17.9. The van der Waals surface area contributed by atoms with E-state index in [4.69, 9.17) is 9.47 Å². The van der Waals surface area contributed by atoms with Crippen LogP contribution in [0.2, 0.25) is 0 Å². The molecule has 3 rings (SSSR count). The van der Waals surface area contributed by atoms with E-state index in [0.717, 1.165) is 23.3 Å². The maximum Gasteiger partial charge on any atom is 0.130 e. The average Bonchev–Trinajstić information content (AvgIpc) is 3.07. The first-order chi connectivity index (χ1) is 22.0. The van der Waals surface area contributed by atoms with Crippen molar-refractivity contribution in [1.29, 1.82) is 0 Å². The molecule has 2 nitrogen and oxygen atoms in total. The van der Waals surface area contributed by atoms with Crippen molar-refractivity contribution >= 4 is 11.1 Å². The summed E-state index contributed by atoms with van der Waals surface area (Å²) < 4.78 is 11.9. The van der Waals surface area contributed by atoms with Gasteiger partial charge in [0.15, 0.2) is 0 Å². The molecule has 0 spiro atoms. The van der Waals surface area contributed by atoms with Crippen LogP contribution in [0.3, 0.4) is 0 Å². The minimum Gasteiger partial charge on any atom is -0.490 e. The largest absolute Gasteiger partial charge is 0.490 e. The SMILES string of the molecule is CC.CC/C=C(\C(OCCOC(C)C)=C(/C)c1ccccc1)c1ccccc1.CCC(C)c1ccc(C(CC)CC(C)(C)C)cc1. The molecule has 46 heavy (non-hydrogen) atoms. The molecule has 3 aromatic rings. The molecule has 0 aliphatic rings. The Morgan fingerprint density at radius 3 is 1.67 bits per heavy atom. The molecule has 3 aromatic carbocycles. The number of hydrogen-bond donors (Lipinski definition) is 0. The fourth-order valence-corrected chi connectivity index (χ4v) is 5.37. The van der Waals surface area contributed by atoms with Crippen LogP contribution in [-0.4, -0.2) is 19.3 Å². The molecule has 254 valence electrons. The summed E-state index contributed by atoms with van der Waals surface area (Å²) in [6.07, 6.45) is 7.12. The van der Waals surface area contributed by atoms with Gasteiger partial charge in [0.2, 0.25) is 0 Å². The van der Waals surface area contributed by atoms with E-state index < -0.39 is 0 Å². The summed E-state index contributed by atoms with van der Waals surface area (Å²) in [5, 5.41) is 0. The van der Waals surface area contributed by atoms with Crippen molar-refractivity contribution in [2.24, 2.45) is 5.41 Å². The Morgan fingerprint density at radius 2 is 1.22 bits per heavy atom. The van der Waals surface area contributed by atoms with Crippen molar-refractivity contribution < 1.29 is 9.47 Å². The fraction of sp³-hybridized carbons (Fsp3) is 0.500. The Bertz CT molecular complexity index is 1240. The summed E-state index contributed by atoms with van der Waals surface area (Å²) in [5.41, 5.74) is 8.02. The smallest absolute Gasteiger partial charge is 0.130 e. The highest BCUT2D eigenvalue weighted by Crippen LogP contribution is 2.34. The molecule has 0 saturated carbocycles. The van der Waals surface area contributed by atoms with Crippen molar-refractivity contribution in [3.63, 3.8) is 0 Å². The lowest BCUT2D eigenvalue weighted by molar-refractivity contribution is 0.0416. The van der Waals surface area contributed by atoms with Crippen LogP contribution in [0.1, 0.15) is 143 Å². The van der Waals surface area contributed by atoms with Gasteiger partial charge in [0.1, 0.15) is 12.4 Å². The predicted octanol–water partition coefficient (Wildman–Crippen LogP) is 13.5. The van der Waals surface area contributed by atoms with E-state index in [1.807, 2.05) is 39.8 Å². The van der Waals surface area contributed by atoms with Crippen LogP contribution in [0.5, 0.6) is 0 Å². The summed E-state index contributed by atoms with van der Waals surface area (Å²) in [6, 6.07) is 30.2. The molecule has 0 heterocycles. The van der Waals surface area contributed by atoms with Crippen LogP contribution in [0.25, 0.3) is 11.1 Å². The average molecular weight is 627 g/mol. The van der Waals surface area contributed by atoms with E-state index in [2.05, 4.69) is 134 Å². The van der Waals surface area contributed by atoms with E-state index in [0.29, 0.717) is 30.5 Å². The zero-order chi connectivity index (χ0) is 34.5. The van der Waals surface area contributed by atoms with Crippen LogP contribution in [-0.2, 0) is 9.47 Å². The molecule has 0 aromatic heterocycles. The van der Waals surface area contributed by atoms with Crippen LogP contribution in [0.15, 0.2) is 96.8 Å². The van der Waals surface area contributed by atoms with E-state index in [9.17, 15) is 0 Å². The van der Waals surface area contributed by atoms with Crippen LogP contribution < -0.4 is 0 Å². The summed E-state index contributed by atoms with van der Waals surface area (Å²) in [4.78, 5) is 0. The lowest BCUT2D eigenvalue weighted by Crippen LogP contribution is -2.11. The van der Waals surface area contributed by atoms with Crippen LogP contribution in [0, 0.1) is 5.41 Å². The second kappa shape index (κ2) is 22.4. The molecule has 2 heteroatoms. The molecule has 2 unspecified atom stereocenters. The first-order valence-electron chi connectivity index (χ1n) is 17.9. The number of benzene rings is 3. The fourth-order valence-electron chi connectivity index (χ4n) is 5.37. The molecule has 0 amide bonds. The Kier molecular flexibility index (Phi) is 20.0. The standard InChI is InChI=1S/C24H30O2.C18H30.C2H6/c1-5-12-23(22-15-10-7-11-16-22)24(26-18-17-25-19(2)3)20(4)21-13-8-6-9-14-21;1-7-14(3)16-9-11-17(12-10-16)15(8-2)13-18(4,5)6;1-2/h6-16,19H,5,17-18H2,1-4H3;9-12,14-15H,7-8,13H2,1-6H3;1-2H3/b23-12-,24-20-;;. The van der Waals surface area contributed by atoms with E-state index in [1.54, 1.807) is 0 Å². The number of allylic oxidation sites excluding steroid dienone is 3. The van der Waals surface area contributed by atoms with Gasteiger partial charge >= 0.3 is 0 Å². The zero-order valence-electron chi connectivity index (χ0n) is 31.5. The van der Waals surface area contributed by atoms with E-state index >= 15 is 0 Å². The van der Waals surface area contributed by atoms with Gasteiger partial charge in [0.25, 0.3) is 0 Å². The van der Waals surface area contributed by atoms with E-state index in [1.165, 1.54) is 41.5 Å². The molecule has 0 aliphatic carbocycles. The second-order valence-electron chi connectivity index (χ2n) is 13.3. The normalized spacial score (nSPS) is 13.5.